The Bertz CT molecular complexity index is 510. The molecule has 0 radical (unpaired) electrons. The first-order valence-electron chi connectivity index (χ1n) is 6.60. The van der Waals surface area contributed by atoms with Crippen LogP contribution in [-0.4, -0.2) is 25.3 Å². The molecule has 0 aliphatic heterocycles. The van der Waals surface area contributed by atoms with Crippen LogP contribution in [0.2, 0.25) is 0 Å². The summed E-state index contributed by atoms with van der Waals surface area (Å²) in [5.41, 5.74) is 6.31. The molecule has 0 atom stereocenters. The van der Waals surface area contributed by atoms with Crippen molar-refractivity contribution in [2.24, 2.45) is 11.7 Å². The summed E-state index contributed by atoms with van der Waals surface area (Å²) >= 11 is 0. The van der Waals surface area contributed by atoms with Crippen molar-refractivity contribution in [1.29, 1.82) is 0 Å². The number of rotatable bonds is 6. The first-order valence-corrected chi connectivity index (χ1v) is 8.04. The van der Waals surface area contributed by atoms with E-state index in [-0.39, 0.29) is 18.5 Å². The van der Waals surface area contributed by atoms with E-state index in [1.807, 2.05) is 33.8 Å². The summed E-state index contributed by atoms with van der Waals surface area (Å²) in [6.07, 6.45) is 0. The van der Waals surface area contributed by atoms with E-state index in [1.54, 1.807) is 22.5 Å². The van der Waals surface area contributed by atoms with Gasteiger partial charge in [-0.3, -0.25) is 0 Å². The first-order chi connectivity index (χ1) is 8.80. The summed E-state index contributed by atoms with van der Waals surface area (Å²) in [7, 11) is -3.48. The number of hydrogen-bond donors (Lipinski definition) is 1. The fraction of sp³-hybridized carbons (Fsp3) is 0.571. The van der Waals surface area contributed by atoms with Crippen LogP contribution in [0.25, 0.3) is 0 Å². The second kappa shape index (κ2) is 6.50. The van der Waals surface area contributed by atoms with Gasteiger partial charge in [0.1, 0.15) is 0 Å². The fourth-order valence-electron chi connectivity index (χ4n) is 2.00. The monoisotopic (exact) mass is 284 g/mol. The molecule has 1 rings (SSSR count). The second-order valence-electron chi connectivity index (χ2n) is 5.37. The van der Waals surface area contributed by atoms with Crippen molar-refractivity contribution < 1.29 is 8.42 Å². The Balaban J connectivity index is 3.27. The Labute approximate surface area is 116 Å². The maximum absolute atomic E-state index is 12.8. The maximum atomic E-state index is 12.8. The Morgan fingerprint density at radius 3 is 2.21 bits per heavy atom. The minimum Gasteiger partial charge on any atom is -0.326 e. The molecule has 0 aromatic heterocycles. The molecular formula is C14H24N2O2S. The van der Waals surface area contributed by atoms with E-state index in [0.29, 0.717) is 17.0 Å². The molecule has 4 nitrogen and oxygen atoms in total. The van der Waals surface area contributed by atoms with Gasteiger partial charge in [0, 0.05) is 19.1 Å². The van der Waals surface area contributed by atoms with Crippen molar-refractivity contribution in [3.05, 3.63) is 29.8 Å². The molecule has 0 saturated heterocycles. The lowest BCUT2D eigenvalue weighted by atomic mass is 10.2. The van der Waals surface area contributed by atoms with Crippen LogP contribution >= 0.6 is 0 Å². The zero-order valence-electron chi connectivity index (χ0n) is 12.1. The van der Waals surface area contributed by atoms with Crippen LogP contribution in [0.15, 0.2) is 29.2 Å². The van der Waals surface area contributed by atoms with Crippen LogP contribution in [0, 0.1) is 5.92 Å². The predicted octanol–water partition coefficient (Wildman–Crippen LogP) is 2.20. The van der Waals surface area contributed by atoms with Gasteiger partial charge in [-0.25, -0.2) is 8.42 Å². The lowest BCUT2D eigenvalue weighted by Crippen LogP contribution is -2.39. The van der Waals surface area contributed by atoms with Gasteiger partial charge in [0.25, 0.3) is 0 Å². The Morgan fingerprint density at radius 1 is 1.16 bits per heavy atom. The molecule has 19 heavy (non-hydrogen) atoms. The molecular weight excluding hydrogens is 260 g/mol. The summed E-state index contributed by atoms with van der Waals surface area (Å²) in [5.74, 6) is 0.280. The van der Waals surface area contributed by atoms with Crippen LogP contribution in [0.4, 0.5) is 0 Å². The van der Waals surface area contributed by atoms with Gasteiger partial charge >= 0.3 is 0 Å². The normalized spacial score (nSPS) is 12.6. The van der Waals surface area contributed by atoms with Gasteiger partial charge < -0.3 is 5.73 Å². The SMILES string of the molecule is CC(C)CN(C(C)C)S(=O)(=O)c1ccccc1CN. The molecule has 2 N–H and O–H groups in total. The van der Waals surface area contributed by atoms with Gasteiger partial charge in [-0.1, -0.05) is 32.0 Å². The molecule has 5 heteroatoms. The lowest BCUT2D eigenvalue weighted by molar-refractivity contribution is 0.318. The van der Waals surface area contributed by atoms with Gasteiger partial charge in [-0.05, 0) is 31.4 Å². The maximum Gasteiger partial charge on any atom is 0.243 e. The highest BCUT2D eigenvalue weighted by molar-refractivity contribution is 7.89. The Kier molecular flexibility index (Phi) is 5.52. The van der Waals surface area contributed by atoms with Crippen molar-refractivity contribution in [1.82, 2.24) is 4.31 Å². The van der Waals surface area contributed by atoms with Crippen LogP contribution in [0.1, 0.15) is 33.3 Å². The first kappa shape index (κ1) is 16.1. The van der Waals surface area contributed by atoms with E-state index in [4.69, 9.17) is 5.73 Å². The van der Waals surface area contributed by atoms with Crippen LogP contribution in [0.3, 0.4) is 0 Å². The van der Waals surface area contributed by atoms with Gasteiger partial charge in [0.15, 0.2) is 0 Å². The third-order valence-corrected chi connectivity index (χ3v) is 5.04. The molecule has 0 saturated carbocycles. The second-order valence-corrected chi connectivity index (χ2v) is 7.23. The highest BCUT2D eigenvalue weighted by Gasteiger charge is 2.28. The smallest absolute Gasteiger partial charge is 0.243 e. The highest BCUT2D eigenvalue weighted by Crippen LogP contribution is 2.22. The van der Waals surface area contributed by atoms with Gasteiger partial charge in [0.2, 0.25) is 10.0 Å². The summed E-state index contributed by atoms with van der Waals surface area (Å²) < 4.78 is 27.1. The van der Waals surface area contributed by atoms with E-state index in [2.05, 4.69) is 0 Å². The third-order valence-electron chi connectivity index (χ3n) is 2.90. The zero-order valence-corrected chi connectivity index (χ0v) is 12.9. The van der Waals surface area contributed by atoms with Gasteiger partial charge in [-0.15, -0.1) is 0 Å². The molecule has 1 aromatic carbocycles. The lowest BCUT2D eigenvalue weighted by Gasteiger charge is -2.28. The molecule has 0 aliphatic carbocycles. The molecule has 1 aromatic rings. The summed E-state index contributed by atoms with van der Waals surface area (Å²) in [6.45, 7) is 8.55. The zero-order chi connectivity index (χ0) is 14.6. The molecule has 0 amide bonds. The quantitative estimate of drug-likeness (QED) is 0.871. The van der Waals surface area contributed by atoms with E-state index in [1.165, 1.54) is 0 Å². The molecule has 0 spiro atoms. The fourth-order valence-corrected chi connectivity index (χ4v) is 4.03. The average molecular weight is 284 g/mol. The van der Waals surface area contributed by atoms with Crippen molar-refractivity contribution in [3.8, 4) is 0 Å². The number of nitrogens with zero attached hydrogens (tertiary/aromatic N) is 1. The van der Waals surface area contributed by atoms with Gasteiger partial charge in [-0.2, -0.15) is 4.31 Å². The number of nitrogens with two attached hydrogens (primary N) is 1. The van der Waals surface area contributed by atoms with E-state index >= 15 is 0 Å². The molecule has 0 aliphatic rings. The van der Waals surface area contributed by atoms with E-state index in [9.17, 15) is 8.42 Å². The van der Waals surface area contributed by atoms with Crippen molar-refractivity contribution in [2.45, 2.75) is 45.2 Å². The standard InChI is InChI=1S/C14H24N2O2S/c1-11(2)10-16(12(3)4)19(17,18)14-8-6-5-7-13(14)9-15/h5-8,11-12H,9-10,15H2,1-4H3. The van der Waals surface area contributed by atoms with Crippen LogP contribution < -0.4 is 5.73 Å². The molecule has 0 fully saturated rings. The minimum absolute atomic E-state index is 0.0711. The minimum atomic E-state index is -3.48. The molecule has 108 valence electrons. The van der Waals surface area contributed by atoms with Crippen molar-refractivity contribution in [3.63, 3.8) is 0 Å². The topological polar surface area (TPSA) is 63.4 Å². The van der Waals surface area contributed by atoms with Crippen molar-refractivity contribution >= 4 is 10.0 Å². The number of benzene rings is 1. The van der Waals surface area contributed by atoms with Crippen molar-refractivity contribution in [2.75, 3.05) is 6.54 Å². The highest BCUT2D eigenvalue weighted by atomic mass is 32.2. The van der Waals surface area contributed by atoms with Crippen LogP contribution in [-0.2, 0) is 16.6 Å². The van der Waals surface area contributed by atoms with Crippen LogP contribution in [0.5, 0.6) is 0 Å². The van der Waals surface area contributed by atoms with Gasteiger partial charge in [0.05, 0.1) is 4.90 Å². The molecule has 0 heterocycles. The average Bonchev–Trinajstić information content (AvgIpc) is 2.35. The predicted molar refractivity (Wildman–Crippen MR) is 78.2 cm³/mol. The number of hydrogen-bond acceptors (Lipinski definition) is 3. The molecule has 0 bridgehead atoms. The number of sulfonamides is 1. The largest absolute Gasteiger partial charge is 0.326 e. The Morgan fingerprint density at radius 2 is 1.74 bits per heavy atom. The van der Waals surface area contributed by atoms with E-state index in [0.717, 1.165) is 0 Å². The summed E-state index contributed by atoms with van der Waals surface area (Å²) in [5, 5.41) is 0. The summed E-state index contributed by atoms with van der Waals surface area (Å²) in [6, 6.07) is 6.87. The summed E-state index contributed by atoms with van der Waals surface area (Å²) in [4.78, 5) is 0.326. The Hall–Kier alpha value is -0.910. The third kappa shape index (κ3) is 3.78. The molecule has 0 unspecified atom stereocenters. The van der Waals surface area contributed by atoms with E-state index < -0.39 is 10.0 Å².